The second kappa shape index (κ2) is 8.21. The van der Waals surface area contributed by atoms with Crippen molar-refractivity contribution in [2.75, 3.05) is 33.2 Å². The summed E-state index contributed by atoms with van der Waals surface area (Å²) in [5.74, 6) is 0.999. The highest BCUT2D eigenvalue weighted by molar-refractivity contribution is 14.0. The summed E-state index contributed by atoms with van der Waals surface area (Å²) in [5, 5.41) is 13.7. The topological polar surface area (TPSA) is 68.2 Å². The predicted molar refractivity (Wildman–Crippen MR) is 106 cm³/mol. The number of carbonyl (C=O) groups excluding carboxylic acids is 1. The number of amides is 1. The number of hydrogen-bond acceptors (Lipinski definition) is 3. The summed E-state index contributed by atoms with van der Waals surface area (Å²) in [5.41, 5.74) is -0.103. The van der Waals surface area contributed by atoms with Crippen LogP contribution in [0.5, 0.6) is 0 Å². The largest absolute Gasteiger partial charge is 0.392 e. The van der Waals surface area contributed by atoms with Crippen molar-refractivity contribution in [1.82, 2.24) is 15.1 Å². The van der Waals surface area contributed by atoms with Crippen molar-refractivity contribution in [2.45, 2.75) is 57.6 Å². The molecule has 3 fully saturated rings. The average Bonchev–Trinajstić information content (AvgIpc) is 3.36. The number of carbonyl (C=O) groups is 1. The third-order valence-corrected chi connectivity index (χ3v) is 5.69. The van der Waals surface area contributed by atoms with E-state index in [9.17, 15) is 9.90 Å². The summed E-state index contributed by atoms with van der Waals surface area (Å²) in [6, 6.07) is 0.496. The predicted octanol–water partition coefficient (Wildman–Crippen LogP) is 1.43. The van der Waals surface area contributed by atoms with Crippen LogP contribution in [0, 0.1) is 5.41 Å². The molecule has 1 saturated heterocycles. The number of guanidine groups is 1. The van der Waals surface area contributed by atoms with Gasteiger partial charge in [0, 0.05) is 38.1 Å². The van der Waals surface area contributed by atoms with Crippen LogP contribution in [-0.4, -0.2) is 72.1 Å². The SMILES string of the molecule is CN=C(NCC1(C)CCCCC1O)N1CCN(C2CC2)C(=O)C1.I. The number of nitrogens with one attached hydrogen (secondary N) is 1. The van der Waals surface area contributed by atoms with E-state index in [1.54, 1.807) is 7.05 Å². The third kappa shape index (κ3) is 4.33. The van der Waals surface area contributed by atoms with Gasteiger partial charge >= 0.3 is 0 Å². The number of hydrogen-bond donors (Lipinski definition) is 2. The van der Waals surface area contributed by atoms with Crippen LogP contribution in [0.1, 0.15) is 45.4 Å². The molecule has 0 spiro atoms. The molecule has 0 aromatic rings. The van der Waals surface area contributed by atoms with Crippen molar-refractivity contribution >= 4 is 35.8 Å². The van der Waals surface area contributed by atoms with Gasteiger partial charge in [0.05, 0.1) is 12.6 Å². The molecule has 2 unspecified atom stereocenters. The van der Waals surface area contributed by atoms with Gasteiger partial charge < -0.3 is 20.2 Å². The maximum atomic E-state index is 12.3. The van der Waals surface area contributed by atoms with Gasteiger partial charge in [0.15, 0.2) is 5.96 Å². The second-order valence-electron chi connectivity index (χ2n) is 7.56. The van der Waals surface area contributed by atoms with Crippen molar-refractivity contribution in [3.63, 3.8) is 0 Å². The lowest BCUT2D eigenvalue weighted by atomic mass is 9.73. The Hall–Kier alpha value is -0.570. The fourth-order valence-electron chi connectivity index (χ4n) is 3.84. The summed E-state index contributed by atoms with van der Waals surface area (Å²) in [4.78, 5) is 20.7. The molecule has 0 aromatic carbocycles. The monoisotopic (exact) mass is 450 g/mol. The minimum absolute atomic E-state index is 0. The van der Waals surface area contributed by atoms with Crippen molar-refractivity contribution in [2.24, 2.45) is 10.4 Å². The van der Waals surface area contributed by atoms with Crippen LogP contribution in [0.2, 0.25) is 0 Å². The summed E-state index contributed by atoms with van der Waals surface area (Å²) >= 11 is 0. The molecule has 3 aliphatic rings. The van der Waals surface area contributed by atoms with Gasteiger partial charge in [-0.15, -0.1) is 24.0 Å². The minimum atomic E-state index is -0.254. The molecule has 1 amide bonds. The lowest BCUT2D eigenvalue weighted by Crippen LogP contribution is -2.57. The number of piperazine rings is 1. The normalized spacial score (nSPS) is 31.7. The Balaban J connectivity index is 0.00000208. The zero-order valence-electron chi connectivity index (χ0n) is 14.8. The summed E-state index contributed by atoms with van der Waals surface area (Å²) < 4.78 is 0. The first-order valence-electron chi connectivity index (χ1n) is 8.96. The van der Waals surface area contributed by atoms with Crippen LogP contribution in [0.15, 0.2) is 4.99 Å². The number of halogens is 1. The Morgan fingerprint density at radius 3 is 2.67 bits per heavy atom. The van der Waals surface area contributed by atoms with Crippen LogP contribution >= 0.6 is 24.0 Å². The Morgan fingerprint density at radius 2 is 2.08 bits per heavy atom. The van der Waals surface area contributed by atoms with Gasteiger partial charge in [-0.2, -0.15) is 0 Å². The van der Waals surface area contributed by atoms with Crippen molar-refractivity contribution in [1.29, 1.82) is 0 Å². The summed E-state index contributed by atoms with van der Waals surface area (Å²) in [6.07, 6.45) is 6.27. The Labute approximate surface area is 162 Å². The van der Waals surface area contributed by atoms with Crippen LogP contribution < -0.4 is 5.32 Å². The highest BCUT2D eigenvalue weighted by atomic mass is 127. The first-order valence-corrected chi connectivity index (χ1v) is 8.96. The van der Waals surface area contributed by atoms with E-state index in [-0.39, 0.29) is 41.4 Å². The molecule has 0 aromatic heterocycles. The Kier molecular flexibility index (Phi) is 6.75. The van der Waals surface area contributed by atoms with Crippen molar-refractivity contribution in [3.8, 4) is 0 Å². The van der Waals surface area contributed by atoms with E-state index < -0.39 is 0 Å². The molecular formula is C17H31IN4O2. The molecule has 1 heterocycles. The molecule has 0 bridgehead atoms. The maximum Gasteiger partial charge on any atom is 0.242 e. The molecule has 138 valence electrons. The highest BCUT2D eigenvalue weighted by Gasteiger charge is 2.38. The molecule has 6 nitrogen and oxygen atoms in total. The molecule has 3 rings (SSSR count). The standard InChI is InChI=1S/C17H30N4O2.HI/c1-17(8-4-3-5-14(17)22)12-19-16(18-2)20-9-10-21(13-6-7-13)15(23)11-20;/h13-14,22H,3-12H2,1-2H3,(H,18,19);1H. The van der Waals surface area contributed by atoms with Gasteiger partial charge in [-0.05, 0) is 25.7 Å². The number of aliphatic hydroxyl groups is 1. The van der Waals surface area contributed by atoms with Gasteiger partial charge in [-0.25, -0.2) is 0 Å². The Bertz CT molecular complexity index is 483. The fraction of sp³-hybridized carbons (Fsp3) is 0.882. The number of rotatable bonds is 3. The van der Waals surface area contributed by atoms with Gasteiger partial charge in [-0.3, -0.25) is 9.79 Å². The van der Waals surface area contributed by atoms with E-state index >= 15 is 0 Å². The molecule has 2 N–H and O–H groups in total. The quantitative estimate of drug-likeness (QED) is 0.388. The number of aliphatic imine (C=N–C) groups is 1. The lowest BCUT2D eigenvalue weighted by Gasteiger charge is -2.41. The summed E-state index contributed by atoms with van der Waals surface area (Å²) in [7, 11) is 1.76. The molecular weight excluding hydrogens is 419 g/mol. The molecule has 7 heteroatoms. The minimum Gasteiger partial charge on any atom is -0.392 e. The van der Waals surface area contributed by atoms with Crippen LogP contribution in [-0.2, 0) is 4.79 Å². The first kappa shape index (κ1) is 19.8. The van der Waals surface area contributed by atoms with Gasteiger partial charge in [0.2, 0.25) is 5.91 Å². The third-order valence-electron chi connectivity index (χ3n) is 5.69. The van der Waals surface area contributed by atoms with Gasteiger partial charge in [0.25, 0.3) is 0 Å². The average molecular weight is 450 g/mol. The molecule has 0 radical (unpaired) electrons. The van der Waals surface area contributed by atoms with E-state index in [0.29, 0.717) is 19.1 Å². The fourth-order valence-corrected chi connectivity index (χ4v) is 3.84. The van der Waals surface area contributed by atoms with E-state index in [2.05, 4.69) is 17.2 Å². The van der Waals surface area contributed by atoms with Crippen LogP contribution in [0.3, 0.4) is 0 Å². The van der Waals surface area contributed by atoms with E-state index in [1.807, 2.05) is 9.80 Å². The molecule has 2 atom stereocenters. The van der Waals surface area contributed by atoms with Gasteiger partial charge in [-0.1, -0.05) is 19.8 Å². The molecule has 1 aliphatic heterocycles. The number of aliphatic hydroxyl groups excluding tert-OH is 1. The molecule has 2 aliphatic carbocycles. The second-order valence-corrected chi connectivity index (χ2v) is 7.56. The smallest absolute Gasteiger partial charge is 0.242 e. The van der Waals surface area contributed by atoms with E-state index in [4.69, 9.17) is 0 Å². The lowest BCUT2D eigenvalue weighted by molar-refractivity contribution is -0.135. The van der Waals surface area contributed by atoms with Gasteiger partial charge in [0.1, 0.15) is 0 Å². The first-order chi connectivity index (χ1) is 11.0. The Morgan fingerprint density at radius 1 is 1.33 bits per heavy atom. The zero-order valence-corrected chi connectivity index (χ0v) is 17.2. The zero-order chi connectivity index (χ0) is 16.4. The van der Waals surface area contributed by atoms with Crippen molar-refractivity contribution in [3.05, 3.63) is 0 Å². The molecule has 24 heavy (non-hydrogen) atoms. The maximum absolute atomic E-state index is 12.3. The number of nitrogens with zero attached hydrogens (tertiary/aromatic N) is 3. The summed E-state index contributed by atoms with van der Waals surface area (Å²) in [6.45, 7) is 4.89. The van der Waals surface area contributed by atoms with Crippen LogP contribution in [0.4, 0.5) is 0 Å². The highest BCUT2D eigenvalue weighted by Crippen LogP contribution is 2.35. The van der Waals surface area contributed by atoms with Crippen LogP contribution in [0.25, 0.3) is 0 Å². The van der Waals surface area contributed by atoms with E-state index in [0.717, 1.165) is 51.2 Å². The van der Waals surface area contributed by atoms with E-state index in [1.165, 1.54) is 6.42 Å². The van der Waals surface area contributed by atoms with Crippen molar-refractivity contribution < 1.29 is 9.90 Å². The molecule has 2 saturated carbocycles.